The highest BCUT2D eigenvalue weighted by molar-refractivity contribution is 5.73. The Balaban J connectivity index is 0.000000921. The van der Waals surface area contributed by atoms with Gasteiger partial charge in [0.1, 0.15) is 0 Å². The Kier molecular flexibility index (Phi) is 7.23. The number of carbonyl (C=O) groups excluding carboxylic acids is 1. The van der Waals surface area contributed by atoms with Crippen LogP contribution in [0.15, 0.2) is 24.3 Å². The predicted molar refractivity (Wildman–Crippen MR) is 63.6 cm³/mol. The molecule has 0 heterocycles. The summed E-state index contributed by atoms with van der Waals surface area (Å²) in [6, 6.07) is 7.78. The Hall–Kier alpha value is -1.39. The van der Waals surface area contributed by atoms with Crippen molar-refractivity contribution in [1.82, 2.24) is 4.90 Å². The number of nitrogens with one attached hydrogen (secondary N) is 1. The first-order valence-electron chi connectivity index (χ1n) is 4.74. The summed E-state index contributed by atoms with van der Waals surface area (Å²) >= 11 is 0. The number of amides is 1. The molecule has 0 aliphatic rings. The molecule has 1 amide bonds. The van der Waals surface area contributed by atoms with Crippen molar-refractivity contribution in [2.75, 3.05) is 26.5 Å². The molecule has 15 heavy (non-hydrogen) atoms. The molecule has 0 fully saturated rings. The molecule has 0 saturated carbocycles. The van der Waals surface area contributed by atoms with E-state index in [-0.39, 0.29) is 0 Å². The Bertz CT molecular complexity index is 287. The summed E-state index contributed by atoms with van der Waals surface area (Å²) in [4.78, 5) is 12.3. The number of para-hydroxylation sites is 1. The van der Waals surface area contributed by atoms with Gasteiger partial charge in [0, 0.05) is 12.2 Å². The maximum Gasteiger partial charge on any atom is 0.211 e. The molecule has 0 aliphatic heterocycles. The van der Waals surface area contributed by atoms with Crippen molar-refractivity contribution in [3.05, 3.63) is 29.8 Å². The summed E-state index contributed by atoms with van der Waals surface area (Å²) in [5.74, 6) is 0. The summed E-state index contributed by atoms with van der Waals surface area (Å²) in [7, 11) is 5.50. The van der Waals surface area contributed by atoms with E-state index in [1.165, 1.54) is 7.05 Å². The molecule has 4 heteroatoms. The van der Waals surface area contributed by atoms with Crippen LogP contribution < -0.4 is 11.1 Å². The van der Waals surface area contributed by atoms with E-state index in [1.807, 2.05) is 38.4 Å². The van der Waals surface area contributed by atoms with E-state index < -0.39 is 0 Å². The minimum atomic E-state index is 0.703. The van der Waals surface area contributed by atoms with Crippen LogP contribution >= 0.6 is 0 Å². The summed E-state index contributed by atoms with van der Waals surface area (Å²) in [6.07, 6.45) is 0.703. The average Bonchev–Trinajstić information content (AvgIpc) is 2.23. The maximum atomic E-state index is 10.3. The highest BCUT2D eigenvalue weighted by Gasteiger charge is 2.00. The Labute approximate surface area is 91.1 Å². The predicted octanol–water partition coefficient (Wildman–Crippen LogP) is 0.891. The van der Waals surface area contributed by atoms with Gasteiger partial charge in [-0.05, 0) is 32.8 Å². The highest BCUT2D eigenvalue weighted by Crippen LogP contribution is 2.14. The molecule has 84 valence electrons. The van der Waals surface area contributed by atoms with Crippen molar-refractivity contribution in [2.45, 2.75) is 6.54 Å². The first kappa shape index (κ1) is 13.6. The zero-order valence-corrected chi connectivity index (χ0v) is 9.53. The highest BCUT2D eigenvalue weighted by atomic mass is 16.1. The lowest BCUT2D eigenvalue weighted by atomic mass is 10.1. The van der Waals surface area contributed by atoms with Crippen LogP contribution in [0, 0.1) is 0 Å². The van der Waals surface area contributed by atoms with Crippen LogP contribution in [0.3, 0.4) is 0 Å². The summed E-state index contributed by atoms with van der Waals surface area (Å²) in [6.45, 7) is 0.830. The fourth-order valence-corrected chi connectivity index (χ4v) is 1.20. The Morgan fingerprint density at radius 1 is 1.33 bits per heavy atom. The summed E-state index contributed by atoms with van der Waals surface area (Å²) in [5, 5.41) is 2.67. The van der Waals surface area contributed by atoms with Crippen molar-refractivity contribution in [2.24, 2.45) is 5.73 Å². The number of hydrogen-bond donors (Lipinski definition) is 2. The first-order chi connectivity index (χ1) is 7.24. The van der Waals surface area contributed by atoms with Gasteiger partial charge in [-0.1, -0.05) is 18.2 Å². The van der Waals surface area contributed by atoms with Crippen molar-refractivity contribution in [1.29, 1.82) is 0 Å². The monoisotopic (exact) mass is 209 g/mol. The van der Waals surface area contributed by atoms with E-state index >= 15 is 0 Å². The molecule has 4 nitrogen and oxygen atoms in total. The van der Waals surface area contributed by atoms with Gasteiger partial charge in [-0.3, -0.25) is 4.79 Å². The van der Waals surface area contributed by atoms with Gasteiger partial charge in [0.2, 0.25) is 6.41 Å². The third-order valence-electron chi connectivity index (χ3n) is 1.72. The van der Waals surface area contributed by atoms with Gasteiger partial charge in [0.15, 0.2) is 0 Å². The van der Waals surface area contributed by atoms with Gasteiger partial charge < -0.3 is 16.0 Å². The van der Waals surface area contributed by atoms with Crippen LogP contribution in [-0.4, -0.2) is 32.5 Å². The van der Waals surface area contributed by atoms with Gasteiger partial charge in [-0.25, -0.2) is 0 Å². The molecular formula is C11H19N3O. The fourth-order valence-electron chi connectivity index (χ4n) is 1.20. The lowest BCUT2D eigenvalue weighted by Crippen LogP contribution is -2.12. The van der Waals surface area contributed by atoms with Crippen molar-refractivity contribution >= 4 is 12.1 Å². The van der Waals surface area contributed by atoms with Crippen LogP contribution in [0.1, 0.15) is 5.56 Å². The van der Waals surface area contributed by atoms with Crippen LogP contribution in [-0.2, 0) is 11.3 Å². The molecule has 0 radical (unpaired) electrons. The first-order valence-corrected chi connectivity index (χ1v) is 4.74. The van der Waals surface area contributed by atoms with E-state index in [0.29, 0.717) is 6.41 Å². The molecule has 0 saturated heterocycles. The van der Waals surface area contributed by atoms with Gasteiger partial charge in [0.25, 0.3) is 0 Å². The molecule has 0 spiro atoms. The van der Waals surface area contributed by atoms with Gasteiger partial charge in [-0.15, -0.1) is 0 Å². The van der Waals surface area contributed by atoms with Crippen LogP contribution in [0.25, 0.3) is 0 Å². The molecule has 1 aromatic carbocycles. The van der Waals surface area contributed by atoms with Gasteiger partial charge >= 0.3 is 0 Å². The number of hydrogen-bond acceptors (Lipinski definition) is 3. The minimum absolute atomic E-state index is 0.703. The van der Waals surface area contributed by atoms with Crippen LogP contribution in [0.2, 0.25) is 0 Å². The summed E-state index contributed by atoms with van der Waals surface area (Å²) < 4.78 is 0. The second kappa shape index (κ2) is 7.96. The molecule has 0 aliphatic carbocycles. The maximum absolute atomic E-state index is 10.3. The SMILES string of the molecule is CN.CN(C)Cc1ccccc1NC=O. The van der Waals surface area contributed by atoms with E-state index in [0.717, 1.165) is 17.8 Å². The van der Waals surface area contributed by atoms with Crippen LogP contribution in [0.4, 0.5) is 5.69 Å². The fraction of sp³-hybridized carbons (Fsp3) is 0.364. The molecular weight excluding hydrogens is 190 g/mol. The van der Waals surface area contributed by atoms with Gasteiger partial charge in [0.05, 0.1) is 0 Å². The van der Waals surface area contributed by atoms with E-state index in [9.17, 15) is 4.79 Å². The van der Waals surface area contributed by atoms with Gasteiger partial charge in [-0.2, -0.15) is 0 Å². The lowest BCUT2D eigenvalue weighted by molar-refractivity contribution is -0.105. The number of rotatable bonds is 4. The van der Waals surface area contributed by atoms with Crippen LogP contribution in [0.5, 0.6) is 0 Å². The standard InChI is InChI=1S/C10H14N2O.CH5N/c1-12(2)7-9-5-3-4-6-10(9)11-8-13;1-2/h3-6,8H,7H2,1-2H3,(H,11,13);2H2,1H3. The molecule has 0 unspecified atom stereocenters. The third-order valence-corrected chi connectivity index (χ3v) is 1.72. The zero-order valence-electron chi connectivity index (χ0n) is 9.53. The second-order valence-electron chi connectivity index (χ2n) is 3.16. The molecule has 0 bridgehead atoms. The number of anilines is 1. The molecule has 3 N–H and O–H groups in total. The lowest BCUT2D eigenvalue weighted by Gasteiger charge is -2.12. The number of benzene rings is 1. The molecule has 1 rings (SSSR count). The zero-order chi connectivity index (χ0) is 11.7. The smallest absolute Gasteiger partial charge is 0.211 e. The van der Waals surface area contributed by atoms with E-state index in [1.54, 1.807) is 0 Å². The third kappa shape index (κ3) is 5.15. The number of nitrogens with zero attached hydrogens (tertiary/aromatic N) is 1. The number of carbonyl (C=O) groups is 1. The van der Waals surface area contributed by atoms with Crippen molar-refractivity contribution in [3.8, 4) is 0 Å². The minimum Gasteiger partial charge on any atom is -0.333 e. The van der Waals surface area contributed by atoms with E-state index in [2.05, 4.69) is 16.0 Å². The van der Waals surface area contributed by atoms with Crippen molar-refractivity contribution < 1.29 is 4.79 Å². The topological polar surface area (TPSA) is 58.4 Å². The second-order valence-corrected chi connectivity index (χ2v) is 3.16. The Morgan fingerprint density at radius 2 is 1.93 bits per heavy atom. The molecule has 0 aromatic heterocycles. The average molecular weight is 209 g/mol. The van der Waals surface area contributed by atoms with Crippen molar-refractivity contribution in [3.63, 3.8) is 0 Å². The largest absolute Gasteiger partial charge is 0.333 e. The molecule has 0 atom stereocenters. The Morgan fingerprint density at radius 3 is 2.47 bits per heavy atom. The van der Waals surface area contributed by atoms with E-state index in [4.69, 9.17) is 0 Å². The molecule has 1 aromatic rings. The normalized spacial score (nSPS) is 9.13. The summed E-state index contributed by atoms with van der Waals surface area (Å²) in [5.41, 5.74) is 6.51. The number of nitrogens with two attached hydrogens (primary N) is 1. The quantitative estimate of drug-likeness (QED) is 0.724.